The molecule has 6 heteroatoms. The van der Waals surface area contributed by atoms with E-state index in [0.717, 1.165) is 47.8 Å². The maximum atomic E-state index is 12.7. The molecule has 0 radical (unpaired) electrons. The van der Waals surface area contributed by atoms with Crippen LogP contribution in [0.1, 0.15) is 59.3 Å². The van der Waals surface area contributed by atoms with Gasteiger partial charge in [0.2, 0.25) is 0 Å². The second kappa shape index (κ2) is 6.83. The third-order valence-corrected chi connectivity index (χ3v) is 6.31. The summed E-state index contributed by atoms with van der Waals surface area (Å²) in [6, 6.07) is 5.65. The number of benzene rings is 1. The Morgan fingerprint density at radius 3 is 2.54 bits per heavy atom. The van der Waals surface area contributed by atoms with Crippen LogP contribution in [0.25, 0.3) is 16.0 Å². The van der Waals surface area contributed by atoms with Crippen LogP contribution in [0.2, 0.25) is 0 Å². The van der Waals surface area contributed by atoms with E-state index in [9.17, 15) is 9.59 Å². The standard InChI is InChI=1S/C20H23N3O2S/c1-12-9-15-16(10-13(12)2)23-18(24)11-17(26-20(23)22-15)19(25)21-14-7-5-3-4-6-8-14/h9-11,14H,3-8H2,1-2H3,(H,21,25). The predicted molar refractivity (Wildman–Crippen MR) is 105 cm³/mol. The first-order valence-corrected chi connectivity index (χ1v) is 10.1. The Labute approximate surface area is 156 Å². The smallest absolute Gasteiger partial charge is 0.261 e. The zero-order valence-corrected chi connectivity index (χ0v) is 16.0. The van der Waals surface area contributed by atoms with Crippen LogP contribution in [-0.2, 0) is 0 Å². The largest absolute Gasteiger partial charge is 0.349 e. The summed E-state index contributed by atoms with van der Waals surface area (Å²) in [6.45, 7) is 4.06. The van der Waals surface area contributed by atoms with E-state index in [0.29, 0.717) is 9.84 Å². The van der Waals surface area contributed by atoms with Crippen LogP contribution >= 0.6 is 11.3 Å². The molecule has 2 aromatic heterocycles. The fraction of sp³-hybridized carbons (Fsp3) is 0.450. The second-order valence-corrected chi connectivity index (χ2v) is 8.27. The maximum absolute atomic E-state index is 12.7. The molecule has 4 rings (SSSR count). The van der Waals surface area contributed by atoms with Crippen LogP contribution in [0.3, 0.4) is 0 Å². The molecular weight excluding hydrogens is 346 g/mol. The maximum Gasteiger partial charge on any atom is 0.261 e. The minimum atomic E-state index is -0.199. The highest BCUT2D eigenvalue weighted by Gasteiger charge is 2.19. The van der Waals surface area contributed by atoms with Gasteiger partial charge in [0.1, 0.15) is 4.88 Å². The number of aryl methyl sites for hydroxylation is 2. The average molecular weight is 369 g/mol. The molecule has 3 aromatic rings. The number of aromatic nitrogens is 2. The Kier molecular flexibility index (Phi) is 4.53. The minimum Gasteiger partial charge on any atom is -0.349 e. The Bertz CT molecular complexity index is 1040. The summed E-state index contributed by atoms with van der Waals surface area (Å²) in [7, 11) is 0. The Balaban J connectivity index is 1.71. The van der Waals surface area contributed by atoms with E-state index in [1.165, 1.54) is 30.2 Å². The number of nitrogens with zero attached hydrogens (tertiary/aromatic N) is 2. The molecule has 0 unspecified atom stereocenters. The monoisotopic (exact) mass is 369 g/mol. The Morgan fingerprint density at radius 2 is 1.81 bits per heavy atom. The first-order chi connectivity index (χ1) is 12.5. The van der Waals surface area contributed by atoms with Gasteiger partial charge in [0.25, 0.3) is 11.5 Å². The van der Waals surface area contributed by atoms with Gasteiger partial charge in [0, 0.05) is 12.1 Å². The summed E-state index contributed by atoms with van der Waals surface area (Å²) in [5.41, 5.74) is 3.67. The number of fused-ring (bicyclic) bond motifs is 3. The number of nitrogens with one attached hydrogen (secondary N) is 1. The van der Waals surface area contributed by atoms with Crippen molar-refractivity contribution in [2.45, 2.75) is 58.4 Å². The summed E-state index contributed by atoms with van der Waals surface area (Å²) in [4.78, 5) is 30.9. The minimum absolute atomic E-state index is 0.152. The fourth-order valence-electron chi connectivity index (χ4n) is 3.69. The van der Waals surface area contributed by atoms with E-state index in [1.807, 2.05) is 26.0 Å². The van der Waals surface area contributed by atoms with Gasteiger partial charge >= 0.3 is 0 Å². The molecular formula is C20H23N3O2S. The topological polar surface area (TPSA) is 63.5 Å². The van der Waals surface area contributed by atoms with Gasteiger partial charge in [-0.05, 0) is 49.9 Å². The number of hydrogen-bond acceptors (Lipinski definition) is 4. The number of hydrogen-bond donors (Lipinski definition) is 1. The Morgan fingerprint density at radius 1 is 1.12 bits per heavy atom. The van der Waals surface area contributed by atoms with Crippen LogP contribution in [0.5, 0.6) is 0 Å². The third kappa shape index (κ3) is 3.14. The van der Waals surface area contributed by atoms with Crippen molar-refractivity contribution in [3.63, 3.8) is 0 Å². The van der Waals surface area contributed by atoms with Crippen molar-refractivity contribution in [2.24, 2.45) is 0 Å². The molecule has 1 amide bonds. The summed E-state index contributed by atoms with van der Waals surface area (Å²) in [6.07, 6.45) is 6.84. The number of amides is 1. The van der Waals surface area contributed by atoms with Gasteiger partial charge < -0.3 is 5.32 Å². The van der Waals surface area contributed by atoms with E-state index in [2.05, 4.69) is 10.3 Å². The fourth-order valence-corrected chi connectivity index (χ4v) is 4.62. The van der Waals surface area contributed by atoms with Crippen LogP contribution in [0.15, 0.2) is 23.0 Å². The normalized spacial score (nSPS) is 16.1. The zero-order chi connectivity index (χ0) is 18.3. The van der Waals surface area contributed by atoms with Gasteiger partial charge in [-0.3, -0.25) is 14.0 Å². The SMILES string of the molecule is Cc1cc2nc3sc(C(=O)NC4CCCCCC4)cc(=O)n3c2cc1C. The summed E-state index contributed by atoms with van der Waals surface area (Å²) in [5, 5.41) is 3.11. The molecule has 1 fully saturated rings. The van der Waals surface area contributed by atoms with E-state index in [4.69, 9.17) is 0 Å². The van der Waals surface area contributed by atoms with E-state index in [-0.39, 0.29) is 17.5 Å². The lowest BCUT2D eigenvalue weighted by Gasteiger charge is -2.15. The molecule has 26 heavy (non-hydrogen) atoms. The molecule has 0 saturated heterocycles. The first-order valence-electron chi connectivity index (χ1n) is 9.27. The molecule has 1 aliphatic carbocycles. The van der Waals surface area contributed by atoms with Gasteiger partial charge in [-0.15, -0.1) is 0 Å². The van der Waals surface area contributed by atoms with Crippen LogP contribution in [0, 0.1) is 13.8 Å². The highest BCUT2D eigenvalue weighted by Crippen LogP contribution is 2.23. The van der Waals surface area contributed by atoms with E-state index in [1.54, 1.807) is 4.40 Å². The first kappa shape index (κ1) is 17.2. The lowest BCUT2D eigenvalue weighted by molar-refractivity contribution is 0.0937. The molecule has 5 nitrogen and oxygen atoms in total. The second-order valence-electron chi connectivity index (χ2n) is 7.27. The predicted octanol–water partition coefficient (Wildman–Crippen LogP) is 3.98. The highest BCUT2D eigenvalue weighted by atomic mass is 32.1. The number of rotatable bonds is 2. The van der Waals surface area contributed by atoms with Crippen LogP contribution < -0.4 is 10.9 Å². The molecule has 136 valence electrons. The van der Waals surface area contributed by atoms with Gasteiger partial charge in [-0.25, -0.2) is 4.98 Å². The molecule has 0 aliphatic heterocycles. The van der Waals surface area contributed by atoms with Crippen molar-refractivity contribution in [2.75, 3.05) is 0 Å². The van der Waals surface area contributed by atoms with Crippen molar-refractivity contribution >= 4 is 33.2 Å². The van der Waals surface area contributed by atoms with Gasteiger partial charge in [0.15, 0.2) is 4.96 Å². The van der Waals surface area contributed by atoms with Crippen LogP contribution in [-0.4, -0.2) is 21.3 Å². The molecule has 1 aliphatic rings. The summed E-state index contributed by atoms with van der Waals surface area (Å²) in [5.74, 6) is -0.152. The number of imidazole rings is 1. The van der Waals surface area contributed by atoms with Gasteiger partial charge in [-0.2, -0.15) is 0 Å². The summed E-state index contributed by atoms with van der Waals surface area (Å²) < 4.78 is 1.61. The molecule has 0 atom stereocenters. The molecule has 0 spiro atoms. The molecule has 1 saturated carbocycles. The van der Waals surface area contributed by atoms with Gasteiger partial charge in [-0.1, -0.05) is 37.0 Å². The lowest BCUT2D eigenvalue weighted by Crippen LogP contribution is -2.34. The summed E-state index contributed by atoms with van der Waals surface area (Å²) >= 11 is 1.28. The van der Waals surface area contributed by atoms with Crippen molar-refractivity contribution in [1.29, 1.82) is 0 Å². The van der Waals surface area contributed by atoms with E-state index < -0.39 is 0 Å². The van der Waals surface area contributed by atoms with Crippen LogP contribution in [0.4, 0.5) is 0 Å². The van der Waals surface area contributed by atoms with Crippen molar-refractivity contribution in [1.82, 2.24) is 14.7 Å². The molecule has 0 bridgehead atoms. The van der Waals surface area contributed by atoms with Crippen molar-refractivity contribution in [3.8, 4) is 0 Å². The molecule has 1 N–H and O–H groups in total. The highest BCUT2D eigenvalue weighted by molar-refractivity contribution is 7.18. The van der Waals surface area contributed by atoms with Crippen molar-refractivity contribution < 1.29 is 4.79 Å². The molecule has 1 aromatic carbocycles. The van der Waals surface area contributed by atoms with E-state index >= 15 is 0 Å². The number of carbonyl (C=O) groups is 1. The number of carbonyl (C=O) groups excluding carboxylic acids is 1. The van der Waals surface area contributed by atoms with Crippen molar-refractivity contribution in [3.05, 3.63) is 44.6 Å². The van der Waals surface area contributed by atoms with Gasteiger partial charge in [0.05, 0.1) is 11.0 Å². The quantitative estimate of drug-likeness (QED) is 0.695. The third-order valence-electron chi connectivity index (χ3n) is 5.33. The Hall–Kier alpha value is -2.21. The molecule has 2 heterocycles. The zero-order valence-electron chi connectivity index (χ0n) is 15.2. The lowest BCUT2D eigenvalue weighted by atomic mass is 10.1. The average Bonchev–Trinajstić information content (AvgIpc) is 2.78.